The molecule has 1 amide bonds. The zero-order valence-electron chi connectivity index (χ0n) is 8.76. The van der Waals surface area contributed by atoms with Crippen LogP contribution >= 0.6 is 11.8 Å². The summed E-state index contributed by atoms with van der Waals surface area (Å²) in [6, 6.07) is 0. The Labute approximate surface area is 84.3 Å². The van der Waals surface area contributed by atoms with E-state index >= 15 is 0 Å². The maximum atomic E-state index is 11.2. The van der Waals surface area contributed by atoms with Crippen molar-refractivity contribution in [3.63, 3.8) is 0 Å². The van der Waals surface area contributed by atoms with Gasteiger partial charge in [-0.2, -0.15) is 0 Å². The van der Waals surface area contributed by atoms with Gasteiger partial charge in [0.25, 0.3) is 0 Å². The summed E-state index contributed by atoms with van der Waals surface area (Å²) in [5.41, 5.74) is 0. The number of nitrogens with one attached hydrogen (secondary N) is 1. The molecule has 0 aromatic heterocycles. The number of aliphatic hydroxyl groups excluding tert-OH is 1. The second-order valence-electron chi connectivity index (χ2n) is 4.05. The number of amides is 1. The average molecular weight is 205 g/mol. The fourth-order valence-electron chi connectivity index (χ4n) is 0.595. The zero-order chi connectivity index (χ0) is 10.5. The highest BCUT2D eigenvalue weighted by Gasteiger charge is 2.13. The molecular formula is C9H19NO2S. The van der Waals surface area contributed by atoms with Crippen molar-refractivity contribution in [1.82, 2.24) is 5.32 Å². The first-order valence-electron chi connectivity index (χ1n) is 4.40. The fourth-order valence-corrected chi connectivity index (χ4v) is 1.26. The van der Waals surface area contributed by atoms with E-state index in [1.165, 1.54) is 0 Å². The first-order valence-corrected chi connectivity index (χ1v) is 5.38. The normalized spacial score (nSPS) is 13.9. The molecule has 0 aliphatic carbocycles. The van der Waals surface area contributed by atoms with Crippen molar-refractivity contribution in [1.29, 1.82) is 0 Å². The summed E-state index contributed by atoms with van der Waals surface area (Å²) in [6.45, 7) is 8.19. The monoisotopic (exact) mass is 205 g/mol. The first-order chi connectivity index (χ1) is 5.81. The molecule has 0 heterocycles. The maximum Gasteiger partial charge on any atom is 0.230 e. The number of carbonyl (C=O) groups is 1. The standard InChI is InChI=1S/C9H19NO2S/c1-7(11)5-10-8(12)6-13-9(2,3)4/h7,11H,5-6H2,1-4H3,(H,10,12)/t7-/m0/s1. The summed E-state index contributed by atoms with van der Waals surface area (Å²) in [7, 11) is 0. The molecule has 0 radical (unpaired) electrons. The van der Waals surface area contributed by atoms with E-state index in [1.807, 2.05) is 0 Å². The molecule has 1 atom stereocenters. The van der Waals surface area contributed by atoms with Crippen molar-refractivity contribution in [3.05, 3.63) is 0 Å². The molecular weight excluding hydrogens is 186 g/mol. The van der Waals surface area contributed by atoms with Crippen molar-refractivity contribution in [2.24, 2.45) is 0 Å². The highest BCUT2D eigenvalue weighted by Crippen LogP contribution is 2.22. The van der Waals surface area contributed by atoms with Crippen LogP contribution in [0.1, 0.15) is 27.7 Å². The minimum atomic E-state index is -0.469. The van der Waals surface area contributed by atoms with Crippen LogP contribution in [0.25, 0.3) is 0 Å². The Morgan fingerprint density at radius 2 is 2.08 bits per heavy atom. The number of aliphatic hydroxyl groups is 1. The number of hydrogen-bond acceptors (Lipinski definition) is 3. The van der Waals surface area contributed by atoms with Crippen LogP contribution < -0.4 is 5.32 Å². The molecule has 0 aromatic carbocycles. The largest absolute Gasteiger partial charge is 0.392 e. The van der Waals surface area contributed by atoms with Crippen LogP contribution in [-0.4, -0.2) is 34.2 Å². The summed E-state index contributed by atoms with van der Waals surface area (Å²) in [6.07, 6.45) is -0.469. The van der Waals surface area contributed by atoms with Gasteiger partial charge in [-0.1, -0.05) is 20.8 Å². The number of rotatable bonds is 4. The van der Waals surface area contributed by atoms with Gasteiger partial charge in [-0.3, -0.25) is 4.79 Å². The molecule has 0 spiro atoms. The molecule has 0 rings (SSSR count). The molecule has 0 bridgehead atoms. The van der Waals surface area contributed by atoms with Crippen molar-refractivity contribution in [2.45, 2.75) is 38.5 Å². The summed E-state index contributed by atoms with van der Waals surface area (Å²) < 4.78 is 0.113. The molecule has 0 aromatic rings. The fraction of sp³-hybridized carbons (Fsp3) is 0.889. The van der Waals surface area contributed by atoms with Crippen LogP contribution in [0.5, 0.6) is 0 Å². The average Bonchev–Trinajstić information content (AvgIpc) is 1.95. The third kappa shape index (κ3) is 9.70. The Kier molecular flexibility index (Phi) is 5.40. The molecule has 0 fully saturated rings. The molecule has 0 saturated heterocycles. The lowest BCUT2D eigenvalue weighted by Gasteiger charge is -2.17. The quantitative estimate of drug-likeness (QED) is 0.720. The van der Waals surface area contributed by atoms with Gasteiger partial charge in [0.15, 0.2) is 0 Å². The predicted molar refractivity (Wildman–Crippen MR) is 56.9 cm³/mol. The van der Waals surface area contributed by atoms with Gasteiger partial charge < -0.3 is 10.4 Å². The predicted octanol–water partition coefficient (Wildman–Crippen LogP) is 1.02. The summed E-state index contributed by atoms with van der Waals surface area (Å²) in [5, 5.41) is 11.6. The van der Waals surface area contributed by atoms with Crippen LogP contribution in [0.15, 0.2) is 0 Å². The second kappa shape index (κ2) is 5.50. The van der Waals surface area contributed by atoms with Crippen molar-refractivity contribution >= 4 is 17.7 Å². The van der Waals surface area contributed by atoms with Gasteiger partial charge in [-0.15, -0.1) is 11.8 Å². The van der Waals surface area contributed by atoms with Crippen LogP contribution in [0.2, 0.25) is 0 Å². The molecule has 0 aliphatic rings. The smallest absolute Gasteiger partial charge is 0.230 e. The summed E-state index contributed by atoms with van der Waals surface area (Å²) in [4.78, 5) is 11.2. The van der Waals surface area contributed by atoms with E-state index < -0.39 is 6.10 Å². The van der Waals surface area contributed by atoms with Gasteiger partial charge in [0, 0.05) is 11.3 Å². The van der Waals surface area contributed by atoms with E-state index in [4.69, 9.17) is 5.11 Å². The van der Waals surface area contributed by atoms with Gasteiger partial charge in [-0.05, 0) is 6.92 Å². The lowest BCUT2D eigenvalue weighted by molar-refractivity contribution is -0.118. The van der Waals surface area contributed by atoms with E-state index in [2.05, 4.69) is 26.1 Å². The Morgan fingerprint density at radius 1 is 1.54 bits per heavy atom. The molecule has 3 nitrogen and oxygen atoms in total. The highest BCUT2D eigenvalue weighted by molar-refractivity contribution is 8.01. The van der Waals surface area contributed by atoms with Gasteiger partial charge in [-0.25, -0.2) is 0 Å². The van der Waals surface area contributed by atoms with Gasteiger partial charge in [0.2, 0.25) is 5.91 Å². The Bertz CT molecular complexity index is 163. The van der Waals surface area contributed by atoms with Crippen molar-refractivity contribution in [3.8, 4) is 0 Å². The summed E-state index contributed by atoms with van der Waals surface area (Å²) in [5.74, 6) is 0.441. The third-order valence-corrected chi connectivity index (χ3v) is 2.50. The van der Waals surface area contributed by atoms with E-state index in [0.29, 0.717) is 12.3 Å². The zero-order valence-corrected chi connectivity index (χ0v) is 9.57. The van der Waals surface area contributed by atoms with E-state index in [1.54, 1.807) is 18.7 Å². The SMILES string of the molecule is C[C@H](O)CNC(=O)CSC(C)(C)C. The minimum Gasteiger partial charge on any atom is -0.392 e. The highest BCUT2D eigenvalue weighted by atomic mass is 32.2. The Balaban J connectivity index is 3.53. The van der Waals surface area contributed by atoms with E-state index in [0.717, 1.165) is 0 Å². The topological polar surface area (TPSA) is 49.3 Å². The molecule has 0 unspecified atom stereocenters. The molecule has 2 N–H and O–H groups in total. The number of carbonyl (C=O) groups excluding carboxylic acids is 1. The summed E-state index contributed by atoms with van der Waals surface area (Å²) >= 11 is 1.60. The minimum absolute atomic E-state index is 0.0131. The molecule has 4 heteroatoms. The van der Waals surface area contributed by atoms with E-state index in [9.17, 15) is 4.79 Å². The lowest BCUT2D eigenvalue weighted by atomic mass is 10.3. The molecule has 78 valence electrons. The molecule has 0 aliphatic heterocycles. The number of thioether (sulfide) groups is 1. The van der Waals surface area contributed by atoms with Crippen LogP contribution in [0, 0.1) is 0 Å². The second-order valence-corrected chi connectivity index (χ2v) is 5.86. The van der Waals surface area contributed by atoms with Crippen LogP contribution in [0.4, 0.5) is 0 Å². The maximum absolute atomic E-state index is 11.2. The number of hydrogen-bond donors (Lipinski definition) is 2. The van der Waals surface area contributed by atoms with Crippen LogP contribution in [0.3, 0.4) is 0 Å². The van der Waals surface area contributed by atoms with Crippen molar-refractivity contribution in [2.75, 3.05) is 12.3 Å². The van der Waals surface area contributed by atoms with Gasteiger partial charge in [0.1, 0.15) is 0 Å². The van der Waals surface area contributed by atoms with Crippen molar-refractivity contribution < 1.29 is 9.90 Å². The first kappa shape index (κ1) is 12.8. The Hall–Kier alpha value is -0.220. The van der Waals surface area contributed by atoms with Crippen LogP contribution in [-0.2, 0) is 4.79 Å². The third-order valence-electron chi connectivity index (χ3n) is 1.23. The van der Waals surface area contributed by atoms with Gasteiger partial charge >= 0.3 is 0 Å². The molecule has 13 heavy (non-hydrogen) atoms. The lowest BCUT2D eigenvalue weighted by Crippen LogP contribution is -2.32. The molecule has 0 saturated carbocycles. The van der Waals surface area contributed by atoms with E-state index in [-0.39, 0.29) is 10.7 Å². The Morgan fingerprint density at radius 3 is 2.46 bits per heavy atom. The van der Waals surface area contributed by atoms with Gasteiger partial charge in [0.05, 0.1) is 11.9 Å².